The number of carbonyl (C=O) groups is 2. The van der Waals surface area contributed by atoms with Gasteiger partial charge in [-0.15, -0.1) is 0 Å². The molecular weight excluding hydrogens is 260 g/mol. The lowest BCUT2D eigenvalue weighted by Crippen LogP contribution is -2.52. The van der Waals surface area contributed by atoms with Gasteiger partial charge in [-0.25, -0.2) is 4.79 Å². The first-order chi connectivity index (χ1) is 9.31. The zero-order chi connectivity index (χ0) is 15.3. The fourth-order valence-electron chi connectivity index (χ4n) is 2.40. The quantitative estimate of drug-likeness (QED) is 0.800. The number of carbonyl (C=O) groups excluding carboxylic acids is 1. The van der Waals surface area contributed by atoms with Crippen LogP contribution in [-0.4, -0.2) is 64.3 Å². The second kappa shape index (κ2) is 6.92. The van der Waals surface area contributed by atoms with E-state index in [0.29, 0.717) is 38.9 Å². The molecule has 0 spiro atoms. The largest absolute Gasteiger partial charge is 0.481 e. The van der Waals surface area contributed by atoms with Crippen molar-refractivity contribution in [3.05, 3.63) is 0 Å². The molecule has 1 aliphatic heterocycles. The number of piperidine rings is 1. The molecule has 0 unspecified atom stereocenters. The molecule has 0 aromatic heterocycles. The second-order valence-corrected chi connectivity index (χ2v) is 6.00. The van der Waals surface area contributed by atoms with Gasteiger partial charge >= 0.3 is 12.0 Å². The molecule has 2 amide bonds. The van der Waals surface area contributed by atoms with Crippen molar-refractivity contribution in [2.24, 2.45) is 5.41 Å². The van der Waals surface area contributed by atoms with Crippen LogP contribution >= 0.6 is 0 Å². The van der Waals surface area contributed by atoms with Crippen molar-refractivity contribution in [2.75, 3.05) is 26.2 Å². The number of carboxylic acids is 1. The van der Waals surface area contributed by atoms with Crippen molar-refractivity contribution in [2.45, 2.75) is 46.1 Å². The number of aliphatic carboxylic acids is 1. The van der Waals surface area contributed by atoms with Crippen molar-refractivity contribution in [1.82, 2.24) is 9.80 Å². The number of hydrogen-bond donors (Lipinski definition) is 2. The van der Waals surface area contributed by atoms with Crippen molar-refractivity contribution < 1.29 is 19.8 Å². The van der Waals surface area contributed by atoms with Crippen LogP contribution in [0.2, 0.25) is 0 Å². The monoisotopic (exact) mass is 286 g/mol. The maximum absolute atomic E-state index is 12.4. The van der Waals surface area contributed by atoms with Crippen LogP contribution in [0.4, 0.5) is 4.79 Å². The molecule has 0 aromatic carbocycles. The Morgan fingerprint density at radius 1 is 1.30 bits per heavy atom. The van der Waals surface area contributed by atoms with E-state index >= 15 is 0 Å². The fraction of sp³-hybridized carbons (Fsp3) is 0.857. The Balaban J connectivity index is 2.62. The number of amides is 2. The first kappa shape index (κ1) is 16.8. The van der Waals surface area contributed by atoms with Crippen LogP contribution in [0.15, 0.2) is 0 Å². The maximum atomic E-state index is 12.4. The van der Waals surface area contributed by atoms with Crippen LogP contribution < -0.4 is 0 Å². The normalized spacial score (nSPS) is 18.1. The average molecular weight is 286 g/mol. The molecule has 2 N–H and O–H groups in total. The van der Waals surface area contributed by atoms with Gasteiger partial charge in [0.15, 0.2) is 0 Å². The Morgan fingerprint density at radius 3 is 2.25 bits per heavy atom. The van der Waals surface area contributed by atoms with Crippen LogP contribution in [0.1, 0.15) is 40.0 Å². The zero-order valence-corrected chi connectivity index (χ0v) is 12.6. The first-order valence-electron chi connectivity index (χ1n) is 7.21. The maximum Gasteiger partial charge on any atom is 0.320 e. The van der Waals surface area contributed by atoms with Gasteiger partial charge in [-0.05, 0) is 40.0 Å². The predicted molar refractivity (Wildman–Crippen MR) is 75.5 cm³/mol. The van der Waals surface area contributed by atoms with E-state index in [-0.39, 0.29) is 18.7 Å². The lowest BCUT2D eigenvalue weighted by atomic mass is 9.80. The smallest absolute Gasteiger partial charge is 0.320 e. The summed E-state index contributed by atoms with van der Waals surface area (Å²) in [6.45, 7) is 7.17. The topological polar surface area (TPSA) is 81.1 Å². The number of aliphatic hydroxyl groups is 1. The molecule has 1 saturated heterocycles. The third kappa shape index (κ3) is 3.85. The van der Waals surface area contributed by atoms with Crippen LogP contribution in [0.25, 0.3) is 0 Å². The van der Waals surface area contributed by atoms with Gasteiger partial charge in [0.25, 0.3) is 0 Å². The van der Waals surface area contributed by atoms with Gasteiger partial charge in [0.2, 0.25) is 0 Å². The molecule has 116 valence electrons. The number of urea groups is 1. The number of carboxylic acid groups (broad SMARTS) is 1. The van der Waals surface area contributed by atoms with Crippen molar-refractivity contribution in [1.29, 1.82) is 0 Å². The highest BCUT2D eigenvalue weighted by atomic mass is 16.4. The zero-order valence-electron chi connectivity index (χ0n) is 12.6. The summed E-state index contributed by atoms with van der Waals surface area (Å²) >= 11 is 0. The molecule has 0 atom stereocenters. The summed E-state index contributed by atoms with van der Waals surface area (Å²) in [6.07, 6.45) is 1.53. The van der Waals surface area contributed by atoms with Crippen molar-refractivity contribution in [3.8, 4) is 0 Å². The lowest BCUT2D eigenvalue weighted by molar-refractivity contribution is -0.150. The predicted octanol–water partition coefficient (Wildman–Crippen LogP) is 1.39. The molecule has 1 heterocycles. The Labute approximate surface area is 120 Å². The number of likely N-dealkylation sites (tertiary alicyclic amines) is 1. The molecular formula is C14H26N2O4. The van der Waals surface area contributed by atoms with E-state index in [4.69, 9.17) is 5.11 Å². The van der Waals surface area contributed by atoms with E-state index < -0.39 is 11.4 Å². The number of aliphatic hydroxyl groups excluding tert-OH is 1. The molecule has 6 nitrogen and oxygen atoms in total. The highest BCUT2D eigenvalue weighted by Gasteiger charge is 2.39. The van der Waals surface area contributed by atoms with Crippen LogP contribution in [0, 0.1) is 5.41 Å². The van der Waals surface area contributed by atoms with E-state index in [9.17, 15) is 14.7 Å². The third-order valence-electron chi connectivity index (χ3n) is 4.08. The van der Waals surface area contributed by atoms with E-state index in [1.165, 1.54) is 0 Å². The fourth-order valence-corrected chi connectivity index (χ4v) is 2.40. The van der Waals surface area contributed by atoms with Gasteiger partial charge in [0, 0.05) is 32.3 Å². The van der Waals surface area contributed by atoms with Gasteiger partial charge in [-0.2, -0.15) is 0 Å². The lowest BCUT2D eigenvalue weighted by Gasteiger charge is -2.40. The van der Waals surface area contributed by atoms with E-state index in [2.05, 4.69) is 0 Å². The highest BCUT2D eigenvalue weighted by Crippen LogP contribution is 2.31. The average Bonchev–Trinajstić information content (AvgIpc) is 2.39. The minimum atomic E-state index is -0.786. The summed E-state index contributed by atoms with van der Waals surface area (Å²) in [5, 5.41) is 18.1. The molecule has 0 aliphatic carbocycles. The SMILES string of the molecule is CC(C)N(CCCO)C(=O)N1CCC(C)(C(=O)O)CC1. The molecule has 6 heteroatoms. The molecule has 0 aromatic rings. The summed E-state index contributed by atoms with van der Waals surface area (Å²) in [4.78, 5) is 27.1. The van der Waals surface area contributed by atoms with Crippen molar-refractivity contribution in [3.63, 3.8) is 0 Å². The number of hydrogen-bond acceptors (Lipinski definition) is 3. The summed E-state index contributed by atoms with van der Waals surface area (Å²) in [5.41, 5.74) is -0.718. The molecule has 1 rings (SSSR count). The number of nitrogens with zero attached hydrogens (tertiary/aromatic N) is 2. The Bertz CT molecular complexity index is 349. The van der Waals surface area contributed by atoms with E-state index in [1.807, 2.05) is 13.8 Å². The molecule has 0 saturated carbocycles. The van der Waals surface area contributed by atoms with Gasteiger partial charge in [-0.3, -0.25) is 4.79 Å². The van der Waals surface area contributed by atoms with E-state index in [1.54, 1.807) is 16.7 Å². The van der Waals surface area contributed by atoms with E-state index in [0.717, 1.165) is 0 Å². The second-order valence-electron chi connectivity index (χ2n) is 6.00. The van der Waals surface area contributed by atoms with Crippen LogP contribution in [-0.2, 0) is 4.79 Å². The van der Waals surface area contributed by atoms with Gasteiger partial charge < -0.3 is 20.0 Å². The molecule has 1 fully saturated rings. The third-order valence-corrected chi connectivity index (χ3v) is 4.08. The van der Waals surface area contributed by atoms with Gasteiger partial charge in [0.05, 0.1) is 5.41 Å². The first-order valence-corrected chi connectivity index (χ1v) is 7.21. The highest BCUT2D eigenvalue weighted by molar-refractivity contribution is 5.77. The summed E-state index contributed by atoms with van der Waals surface area (Å²) < 4.78 is 0. The Kier molecular flexibility index (Phi) is 5.80. The molecule has 0 radical (unpaired) electrons. The Hall–Kier alpha value is -1.30. The summed E-state index contributed by atoms with van der Waals surface area (Å²) in [5.74, 6) is -0.786. The minimum Gasteiger partial charge on any atom is -0.481 e. The number of rotatable bonds is 5. The van der Waals surface area contributed by atoms with Crippen LogP contribution in [0.3, 0.4) is 0 Å². The van der Waals surface area contributed by atoms with Gasteiger partial charge in [0.1, 0.15) is 0 Å². The summed E-state index contributed by atoms with van der Waals surface area (Å²) in [7, 11) is 0. The summed E-state index contributed by atoms with van der Waals surface area (Å²) in [6, 6.07) is 0.0164. The minimum absolute atomic E-state index is 0.0547. The molecule has 0 bridgehead atoms. The van der Waals surface area contributed by atoms with Crippen molar-refractivity contribution >= 4 is 12.0 Å². The van der Waals surface area contributed by atoms with Gasteiger partial charge in [-0.1, -0.05) is 0 Å². The standard InChI is InChI=1S/C14H26N2O4/c1-11(2)16(7-4-10-17)13(20)15-8-5-14(3,6-9-15)12(18)19/h11,17H,4-10H2,1-3H3,(H,18,19). The van der Waals surface area contributed by atoms with Crippen LogP contribution in [0.5, 0.6) is 0 Å². The molecule has 20 heavy (non-hydrogen) atoms. The molecule has 1 aliphatic rings. The Morgan fingerprint density at radius 2 is 1.85 bits per heavy atom.